The number of aryl methyl sites for hydroxylation is 1. The van der Waals surface area contributed by atoms with Gasteiger partial charge in [-0.25, -0.2) is 9.97 Å². The van der Waals surface area contributed by atoms with Crippen LogP contribution in [0.2, 0.25) is 10.4 Å². The molecule has 0 amide bonds. The summed E-state index contributed by atoms with van der Waals surface area (Å²) in [7, 11) is 0. The Labute approximate surface area is 108 Å². The maximum absolute atomic E-state index is 6.18. The number of halogens is 2. The molecule has 0 radical (unpaired) electrons. The zero-order valence-corrected chi connectivity index (χ0v) is 11.1. The molecule has 16 heavy (non-hydrogen) atoms. The van der Waals surface area contributed by atoms with Gasteiger partial charge in [0.2, 0.25) is 5.28 Å². The van der Waals surface area contributed by atoms with Crippen molar-refractivity contribution in [2.75, 3.05) is 0 Å². The number of rotatable bonds is 1. The molecule has 2 aromatic heterocycles. The molecule has 1 aliphatic rings. The van der Waals surface area contributed by atoms with E-state index in [4.69, 9.17) is 23.2 Å². The van der Waals surface area contributed by atoms with Crippen LogP contribution in [0.5, 0.6) is 0 Å². The van der Waals surface area contributed by atoms with Crippen LogP contribution in [0.1, 0.15) is 36.1 Å². The summed E-state index contributed by atoms with van der Waals surface area (Å²) in [6.07, 6.45) is 3.52. The zero-order valence-electron chi connectivity index (χ0n) is 8.76. The molecule has 5 heteroatoms. The van der Waals surface area contributed by atoms with E-state index in [1.807, 2.05) is 0 Å². The smallest absolute Gasteiger partial charge is 0.207 e. The minimum absolute atomic E-state index is 0.241. The molecule has 1 atom stereocenters. The first-order chi connectivity index (χ1) is 7.70. The van der Waals surface area contributed by atoms with E-state index < -0.39 is 0 Å². The number of aromatic nitrogens is 2. The number of hydrogen-bond donors (Lipinski definition) is 0. The fourth-order valence-electron chi connectivity index (χ4n) is 2.48. The molecule has 2 heterocycles. The van der Waals surface area contributed by atoms with Gasteiger partial charge in [-0.2, -0.15) is 0 Å². The number of thiophene rings is 1. The summed E-state index contributed by atoms with van der Waals surface area (Å²) >= 11 is 13.7. The summed E-state index contributed by atoms with van der Waals surface area (Å²) in [6.45, 7) is 2.22. The minimum atomic E-state index is 0.241. The summed E-state index contributed by atoms with van der Waals surface area (Å²) in [5.74, 6) is 0.617. The van der Waals surface area contributed by atoms with Crippen LogP contribution in [-0.4, -0.2) is 9.97 Å². The molecule has 2 nitrogen and oxygen atoms in total. The predicted molar refractivity (Wildman–Crippen MR) is 68.8 cm³/mol. The molecule has 0 fully saturated rings. The van der Waals surface area contributed by atoms with E-state index in [0.29, 0.717) is 11.1 Å². The lowest BCUT2D eigenvalue weighted by molar-refractivity contribution is 0.659. The third kappa shape index (κ3) is 1.45. The van der Waals surface area contributed by atoms with Gasteiger partial charge in [-0.05, 0) is 42.3 Å². The lowest BCUT2D eigenvalue weighted by atomic mass is 9.99. The van der Waals surface area contributed by atoms with E-state index in [9.17, 15) is 0 Å². The first kappa shape index (κ1) is 10.8. The first-order valence-electron chi connectivity index (χ1n) is 5.35. The standard InChI is InChI=1S/C11H10Cl2N2S/c1-2-5-3-4-6-7(5)8-9(12)14-11(13)15-10(8)16-6/h5H,2-4H2,1H3. The van der Waals surface area contributed by atoms with Crippen molar-refractivity contribution in [3.05, 3.63) is 20.9 Å². The Morgan fingerprint density at radius 2 is 2.19 bits per heavy atom. The molecular weight excluding hydrogens is 263 g/mol. The SMILES string of the molecule is CCC1CCc2sc3nc(Cl)nc(Cl)c3c21. The minimum Gasteiger partial charge on any atom is -0.207 e. The molecule has 0 bridgehead atoms. The van der Waals surface area contributed by atoms with Gasteiger partial charge in [0, 0.05) is 4.88 Å². The van der Waals surface area contributed by atoms with Crippen molar-refractivity contribution in [3.8, 4) is 0 Å². The van der Waals surface area contributed by atoms with Gasteiger partial charge in [-0.15, -0.1) is 11.3 Å². The van der Waals surface area contributed by atoms with E-state index in [2.05, 4.69) is 16.9 Å². The lowest BCUT2D eigenvalue weighted by Crippen LogP contribution is -1.92. The monoisotopic (exact) mass is 272 g/mol. The number of hydrogen-bond acceptors (Lipinski definition) is 3. The molecular formula is C11H10Cl2N2S. The molecule has 84 valence electrons. The van der Waals surface area contributed by atoms with Crippen LogP contribution in [0.4, 0.5) is 0 Å². The molecule has 1 aliphatic carbocycles. The van der Waals surface area contributed by atoms with Gasteiger partial charge in [0.1, 0.15) is 9.98 Å². The quantitative estimate of drug-likeness (QED) is 0.567. The third-order valence-corrected chi connectivity index (χ3v) is 4.82. The van der Waals surface area contributed by atoms with Crippen LogP contribution in [0.25, 0.3) is 10.2 Å². The van der Waals surface area contributed by atoms with Gasteiger partial charge < -0.3 is 0 Å². The molecule has 0 saturated heterocycles. The van der Waals surface area contributed by atoms with Crippen LogP contribution in [0.15, 0.2) is 0 Å². The number of nitrogens with zero attached hydrogens (tertiary/aromatic N) is 2. The van der Waals surface area contributed by atoms with E-state index in [1.54, 1.807) is 11.3 Å². The summed E-state index contributed by atoms with van der Waals surface area (Å²) < 4.78 is 0. The van der Waals surface area contributed by atoms with Gasteiger partial charge >= 0.3 is 0 Å². The highest BCUT2D eigenvalue weighted by Crippen LogP contribution is 2.46. The Kier molecular flexibility index (Phi) is 2.57. The van der Waals surface area contributed by atoms with Crippen LogP contribution in [-0.2, 0) is 6.42 Å². The molecule has 0 N–H and O–H groups in total. The summed E-state index contributed by atoms with van der Waals surface area (Å²) in [6, 6.07) is 0. The largest absolute Gasteiger partial charge is 0.225 e. The molecule has 0 spiro atoms. The second-order valence-corrected chi connectivity index (χ2v) is 5.83. The average Bonchev–Trinajstić information content (AvgIpc) is 2.74. The highest BCUT2D eigenvalue weighted by atomic mass is 35.5. The van der Waals surface area contributed by atoms with Gasteiger partial charge in [-0.3, -0.25) is 0 Å². The molecule has 0 saturated carbocycles. The molecule has 0 aromatic carbocycles. The fourth-order valence-corrected chi connectivity index (χ4v) is 4.34. The lowest BCUT2D eigenvalue weighted by Gasteiger charge is -2.07. The van der Waals surface area contributed by atoms with Crippen molar-refractivity contribution in [1.29, 1.82) is 0 Å². The van der Waals surface area contributed by atoms with Crippen molar-refractivity contribution < 1.29 is 0 Å². The summed E-state index contributed by atoms with van der Waals surface area (Å²) in [5.41, 5.74) is 1.38. The molecule has 0 aliphatic heterocycles. The number of fused-ring (bicyclic) bond motifs is 3. The second kappa shape index (κ2) is 3.83. The predicted octanol–water partition coefficient (Wildman–Crippen LogP) is 4.44. The molecule has 3 rings (SSSR count). The Morgan fingerprint density at radius 1 is 1.38 bits per heavy atom. The summed E-state index contributed by atoms with van der Waals surface area (Å²) in [5, 5.41) is 1.79. The normalized spacial score (nSPS) is 19.3. The topological polar surface area (TPSA) is 25.8 Å². The van der Waals surface area contributed by atoms with Crippen molar-refractivity contribution >= 4 is 44.8 Å². The van der Waals surface area contributed by atoms with Crippen molar-refractivity contribution in [1.82, 2.24) is 9.97 Å². The fraction of sp³-hybridized carbons (Fsp3) is 0.455. The van der Waals surface area contributed by atoms with Crippen LogP contribution >= 0.6 is 34.5 Å². The maximum atomic E-state index is 6.18. The Balaban J connectivity index is 2.34. The Hall–Kier alpha value is -0.380. The van der Waals surface area contributed by atoms with E-state index >= 15 is 0 Å². The van der Waals surface area contributed by atoms with Crippen LogP contribution in [0.3, 0.4) is 0 Å². The van der Waals surface area contributed by atoms with Gasteiger partial charge in [-0.1, -0.05) is 18.5 Å². The van der Waals surface area contributed by atoms with Crippen molar-refractivity contribution in [2.45, 2.75) is 32.1 Å². The van der Waals surface area contributed by atoms with E-state index in [1.165, 1.54) is 16.9 Å². The Bertz CT molecular complexity index is 565. The Morgan fingerprint density at radius 3 is 2.94 bits per heavy atom. The van der Waals surface area contributed by atoms with Gasteiger partial charge in [0.25, 0.3) is 0 Å². The van der Waals surface area contributed by atoms with E-state index in [-0.39, 0.29) is 5.28 Å². The van der Waals surface area contributed by atoms with Gasteiger partial charge in [0.15, 0.2) is 0 Å². The third-order valence-electron chi connectivity index (χ3n) is 3.21. The van der Waals surface area contributed by atoms with Crippen molar-refractivity contribution in [3.63, 3.8) is 0 Å². The van der Waals surface area contributed by atoms with Crippen molar-refractivity contribution in [2.24, 2.45) is 0 Å². The maximum Gasteiger partial charge on any atom is 0.225 e. The zero-order chi connectivity index (χ0) is 11.3. The molecule has 2 aromatic rings. The van der Waals surface area contributed by atoms with Gasteiger partial charge in [0.05, 0.1) is 5.39 Å². The highest BCUT2D eigenvalue weighted by Gasteiger charge is 2.28. The second-order valence-electron chi connectivity index (χ2n) is 4.05. The van der Waals surface area contributed by atoms with E-state index in [0.717, 1.165) is 23.1 Å². The average molecular weight is 273 g/mol. The summed E-state index contributed by atoms with van der Waals surface area (Å²) in [4.78, 5) is 10.7. The highest BCUT2D eigenvalue weighted by molar-refractivity contribution is 7.19. The van der Waals surface area contributed by atoms with Crippen LogP contribution in [0, 0.1) is 0 Å². The van der Waals surface area contributed by atoms with Crippen LogP contribution < -0.4 is 0 Å². The molecule has 1 unspecified atom stereocenters. The first-order valence-corrected chi connectivity index (χ1v) is 6.92.